The van der Waals surface area contributed by atoms with Gasteiger partial charge in [0.25, 0.3) is 0 Å². The Labute approximate surface area is 147 Å². The fourth-order valence-electron chi connectivity index (χ4n) is 2.01. The van der Waals surface area contributed by atoms with Gasteiger partial charge in [0.2, 0.25) is 0 Å². The fourth-order valence-corrected chi connectivity index (χ4v) is 2.01. The van der Waals surface area contributed by atoms with Gasteiger partial charge in [-0.15, -0.1) is 0 Å². The summed E-state index contributed by atoms with van der Waals surface area (Å²) in [5, 5.41) is 17.9. The highest BCUT2D eigenvalue weighted by Gasteiger charge is 2.51. The van der Waals surface area contributed by atoms with E-state index in [0.717, 1.165) is 0 Å². The number of rotatable bonds is 8. The summed E-state index contributed by atoms with van der Waals surface area (Å²) < 4.78 is 10.6. The van der Waals surface area contributed by atoms with Gasteiger partial charge in [-0.1, -0.05) is 0 Å². The van der Waals surface area contributed by atoms with Gasteiger partial charge in [-0.2, -0.15) is 0 Å². The zero-order chi connectivity index (χ0) is 20.1. The van der Waals surface area contributed by atoms with E-state index >= 15 is 0 Å². The standard InChI is InChI=1S/C17H28O8/c1-15(2,3)24-13(22)17(9-7-11(18)19,10-8-12(20)21)14(23)25-16(4,5)6/h7-10H2,1-6H3,(H,18,19)(H,20,21). The predicted molar refractivity (Wildman–Crippen MR) is 87.9 cm³/mol. The second-order valence-corrected chi connectivity index (χ2v) is 7.87. The number of carbonyl (C=O) groups excluding carboxylic acids is 2. The summed E-state index contributed by atoms with van der Waals surface area (Å²) in [7, 11) is 0. The van der Waals surface area contributed by atoms with Crippen molar-refractivity contribution in [1.82, 2.24) is 0 Å². The Hall–Kier alpha value is -2.12. The van der Waals surface area contributed by atoms with E-state index in [1.54, 1.807) is 41.5 Å². The summed E-state index contributed by atoms with van der Waals surface area (Å²) >= 11 is 0. The lowest BCUT2D eigenvalue weighted by atomic mass is 9.78. The van der Waals surface area contributed by atoms with E-state index in [9.17, 15) is 19.2 Å². The normalized spacial score (nSPS) is 12.4. The van der Waals surface area contributed by atoms with Crippen LogP contribution in [-0.2, 0) is 28.7 Å². The van der Waals surface area contributed by atoms with Gasteiger partial charge in [-0.3, -0.25) is 19.2 Å². The van der Waals surface area contributed by atoms with Crippen molar-refractivity contribution in [2.24, 2.45) is 5.41 Å². The molecule has 144 valence electrons. The number of carbonyl (C=O) groups is 4. The highest BCUT2D eigenvalue weighted by molar-refractivity contribution is 6.01. The van der Waals surface area contributed by atoms with Gasteiger partial charge in [0.1, 0.15) is 11.2 Å². The third-order valence-corrected chi connectivity index (χ3v) is 3.11. The SMILES string of the molecule is CC(C)(C)OC(=O)C(CCC(=O)O)(CCC(=O)O)C(=O)OC(C)(C)C. The monoisotopic (exact) mass is 360 g/mol. The molecule has 0 aliphatic rings. The molecule has 0 radical (unpaired) electrons. The van der Waals surface area contributed by atoms with Crippen molar-refractivity contribution in [1.29, 1.82) is 0 Å². The Balaban J connectivity index is 5.91. The van der Waals surface area contributed by atoms with Gasteiger partial charge >= 0.3 is 23.9 Å². The van der Waals surface area contributed by atoms with E-state index in [2.05, 4.69) is 0 Å². The first kappa shape index (κ1) is 22.9. The molecule has 8 heteroatoms. The van der Waals surface area contributed by atoms with E-state index < -0.39 is 66.2 Å². The summed E-state index contributed by atoms with van der Waals surface area (Å²) in [5.41, 5.74) is -3.86. The van der Waals surface area contributed by atoms with Gasteiger partial charge in [0.05, 0.1) is 0 Å². The Morgan fingerprint density at radius 1 is 0.680 bits per heavy atom. The third kappa shape index (κ3) is 8.51. The number of esters is 2. The third-order valence-electron chi connectivity index (χ3n) is 3.11. The summed E-state index contributed by atoms with van der Waals surface area (Å²) in [4.78, 5) is 47.4. The van der Waals surface area contributed by atoms with Crippen LogP contribution < -0.4 is 0 Å². The van der Waals surface area contributed by atoms with E-state index in [1.807, 2.05) is 0 Å². The number of aliphatic carboxylic acids is 2. The van der Waals surface area contributed by atoms with Crippen LogP contribution in [0.2, 0.25) is 0 Å². The lowest BCUT2D eigenvalue weighted by Crippen LogP contribution is -2.47. The maximum atomic E-state index is 12.7. The van der Waals surface area contributed by atoms with Crippen molar-refractivity contribution >= 4 is 23.9 Å². The van der Waals surface area contributed by atoms with Crippen LogP contribution in [0, 0.1) is 5.41 Å². The summed E-state index contributed by atoms with van der Waals surface area (Å²) in [5.74, 6) is -4.38. The van der Waals surface area contributed by atoms with Gasteiger partial charge in [0.15, 0.2) is 5.41 Å². The van der Waals surface area contributed by atoms with Crippen LogP contribution in [0.25, 0.3) is 0 Å². The largest absolute Gasteiger partial charge is 0.481 e. The maximum Gasteiger partial charge on any atom is 0.324 e. The molecule has 0 bridgehead atoms. The summed E-state index contributed by atoms with van der Waals surface area (Å²) in [6.45, 7) is 9.58. The zero-order valence-corrected chi connectivity index (χ0v) is 15.7. The average molecular weight is 360 g/mol. The van der Waals surface area contributed by atoms with Crippen molar-refractivity contribution < 1.29 is 38.9 Å². The molecule has 0 aromatic rings. The molecule has 0 saturated carbocycles. The van der Waals surface area contributed by atoms with Crippen LogP contribution in [0.15, 0.2) is 0 Å². The molecule has 0 heterocycles. The second-order valence-electron chi connectivity index (χ2n) is 7.87. The van der Waals surface area contributed by atoms with Crippen LogP contribution in [0.1, 0.15) is 67.2 Å². The first-order chi connectivity index (χ1) is 11.1. The number of hydrogen-bond donors (Lipinski definition) is 2. The molecular formula is C17H28O8. The van der Waals surface area contributed by atoms with Crippen LogP contribution in [0.4, 0.5) is 0 Å². The first-order valence-electron chi connectivity index (χ1n) is 7.99. The quantitative estimate of drug-likeness (QED) is 0.499. The number of carboxylic acids is 2. The first-order valence-corrected chi connectivity index (χ1v) is 7.99. The minimum absolute atomic E-state index is 0.403. The highest BCUT2D eigenvalue weighted by Crippen LogP contribution is 2.36. The maximum absolute atomic E-state index is 12.7. The van der Waals surface area contributed by atoms with Crippen LogP contribution >= 0.6 is 0 Å². The molecular weight excluding hydrogens is 332 g/mol. The molecule has 0 rings (SSSR count). The molecule has 0 fully saturated rings. The molecule has 0 spiro atoms. The summed E-state index contributed by atoms with van der Waals surface area (Å²) in [6.07, 6.45) is -1.81. The van der Waals surface area contributed by atoms with Crippen molar-refractivity contribution in [3.05, 3.63) is 0 Å². The van der Waals surface area contributed by atoms with Gasteiger partial charge in [-0.25, -0.2) is 0 Å². The molecule has 0 saturated heterocycles. The van der Waals surface area contributed by atoms with Gasteiger partial charge in [-0.05, 0) is 54.4 Å². The Bertz CT molecular complexity index is 474. The van der Waals surface area contributed by atoms with Crippen molar-refractivity contribution in [2.45, 2.75) is 78.4 Å². The lowest BCUT2D eigenvalue weighted by Gasteiger charge is -2.34. The molecule has 0 aliphatic heterocycles. The van der Waals surface area contributed by atoms with E-state index in [0.29, 0.717) is 0 Å². The molecule has 0 unspecified atom stereocenters. The predicted octanol–water partition coefficient (Wildman–Crippen LogP) is 2.39. The second kappa shape index (κ2) is 8.31. The van der Waals surface area contributed by atoms with Crippen molar-refractivity contribution in [3.8, 4) is 0 Å². The molecule has 0 aliphatic carbocycles. The van der Waals surface area contributed by atoms with Gasteiger partial charge < -0.3 is 19.7 Å². The topological polar surface area (TPSA) is 127 Å². The van der Waals surface area contributed by atoms with Gasteiger partial charge in [0, 0.05) is 12.8 Å². The van der Waals surface area contributed by atoms with E-state index in [-0.39, 0.29) is 0 Å². The smallest absolute Gasteiger partial charge is 0.324 e. The molecule has 0 aromatic heterocycles. The molecule has 0 atom stereocenters. The molecule has 25 heavy (non-hydrogen) atoms. The Morgan fingerprint density at radius 3 is 1.16 bits per heavy atom. The Kier molecular flexibility index (Phi) is 7.61. The minimum Gasteiger partial charge on any atom is -0.481 e. The van der Waals surface area contributed by atoms with Crippen LogP contribution in [0.5, 0.6) is 0 Å². The fraction of sp³-hybridized carbons (Fsp3) is 0.765. The summed E-state index contributed by atoms with van der Waals surface area (Å²) in [6, 6.07) is 0. The highest BCUT2D eigenvalue weighted by atomic mass is 16.6. The minimum atomic E-state index is -1.99. The van der Waals surface area contributed by atoms with E-state index in [4.69, 9.17) is 19.7 Å². The van der Waals surface area contributed by atoms with E-state index in [1.165, 1.54) is 0 Å². The zero-order valence-electron chi connectivity index (χ0n) is 15.7. The average Bonchev–Trinajstić information content (AvgIpc) is 2.33. The van der Waals surface area contributed by atoms with Crippen LogP contribution in [0.3, 0.4) is 0 Å². The molecule has 8 nitrogen and oxygen atoms in total. The number of carboxylic acid groups (broad SMARTS) is 2. The number of hydrogen-bond acceptors (Lipinski definition) is 6. The molecule has 2 N–H and O–H groups in total. The van der Waals surface area contributed by atoms with Crippen LogP contribution in [-0.4, -0.2) is 45.3 Å². The Morgan fingerprint density at radius 2 is 0.960 bits per heavy atom. The van der Waals surface area contributed by atoms with Crippen molar-refractivity contribution in [2.75, 3.05) is 0 Å². The molecule has 0 aromatic carbocycles. The number of ether oxygens (including phenoxy) is 2. The molecule has 0 amide bonds. The lowest BCUT2D eigenvalue weighted by molar-refractivity contribution is -0.187. The van der Waals surface area contributed by atoms with Crippen molar-refractivity contribution in [3.63, 3.8) is 0 Å².